The number of carbonyl (C=O) groups is 2. The molecule has 0 bridgehead atoms. The summed E-state index contributed by atoms with van der Waals surface area (Å²) in [5.74, 6) is 0.498. The highest BCUT2D eigenvalue weighted by Crippen LogP contribution is 2.38. The van der Waals surface area contributed by atoms with Crippen molar-refractivity contribution in [2.24, 2.45) is 12.8 Å². The van der Waals surface area contributed by atoms with Crippen LogP contribution >= 0.6 is 11.6 Å². The van der Waals surface area contributed by atoms with Gasteiger partial charge in [0.25, 0.3) is 11.8 Å². The molecule has 2 amide bonds. The number of nitrogens with zero attached hydrogens (tertiary/aromatic N) is 3. The largest absolute Gasteiger partial charge is 0.493 e. The van der Waals surface area contributed by atoms with E-state index in [0.29, 0.717) is 12.1 Å². The average Bonchev–Trinajstić information content (AvgIpc) is 3.13. The standard InChI is InChI=1S/C23H25ClN4O4/c1-27-17-8-4-3-7-16(17)26-22(27)18-9-5-6-10-28(18)23(30)14-11-15(24)21(19(12-14)31-2)32-13-20(25)29/h3-4,7-8,11-12,18H,5-6,9-10,13H2,1-2H3,(H2,25,29)/t18-/m0/s1. The summed E-state index contributed by atoms with van der Waals surface area (Å²) >= 11 is 6.37. The second kappa shape index (κ2) is 9.08. The first-order chi connectivity index (χ1) is 15.4. The number of benzene rings is 2. The highest BCUT2D eigenvalue weighted by Gasteiger charge is 2.32. The summed E-state index contributed by atoms with van der Waals surface area (Å²) in [6.07, 6.45) is 2.76. The lowest BCUT2D eigenvalue weighted by Gasteiger charge is -2.35. The van der Waals surface area contributed by atoms with Crippen LogP contribution in [0, 0.1) is 0 Å². The number of imidazole rings is 1. The van der Waals surface area contributed by atoms with Crippen molar-refractivity contribution in [2.75, 3.05) is 20.3 Å². The number of amides is 2. The number of halogens is 1. The summed E-state index contributed by atoms with van der Waals surface area (Å²) in [7, 11) is 3.42. The van der Waals surface area contributed by atoms with Crippen molar-refractivity contribution in [3.05, 3.63) is 52.8 Å². The van der Waals surface area contributed by atoms with E-state index in [2.05, 4.69) is 4.57 Å². The van der Waals surface area contributed by atoms with E-state index in [1.165, 1.54) is 13.2 Å². The summed E-state index contributed by atoms with van der Waals surface area (Å²) in [5.41, 5.74) is 7.47. The van der Waals surface area contributed by atoms with Gasteiger partial charge in [0.15, 0.2) is 18.1 Å². The van der Waals surface area contributed by atoms with Gasteiger partial charge in [0.05, 0.1) is 29.2 Å². The molecule has 1 atom stereocenters. The first-order valence-corrected chi connectivity index (χ1v) is 10.8. The molecule has 2 heterocycles. The highest BCUT2D eigenvalue weighted by atomic mass is 35.5. The molecule has 0 aliphatic carbocycles. The Hall–Kier alpha value is -3.26. The first-order valence-electron chi connectivity index (χ1n) is 10.4. The number of primary amides is 1. The lowest BCUT2D eigenvalue weighted by Crippen LogP contribution is -2.39. The summed E-state index contributed by atoms with van der Waals surface area (Å²) in [4.78, 5) is 31.3. The quantitative estimate of drug-likeness (QED) is 0.612. The van der Waals surface area contributed by atoms with Gasteiger partial charge in [-0.05, 0) is 43.5 Å². The van der Waals surface area contributed by atoms with Crippen molar-refractivity contribution < 1.29 is 19.1 Å². The molecule has 0 saturated carbocycles. The Morgan fingerprint density at radius 1 is 1.25 bits per heavy atom. The number of piperidine rings is 1. The highest BCUT2D eigenvalue weighted by molar-refractivity contribution is 6.32. The molecule has 1 fully saturated rings. The third kappa shape index (κ3) is 4.10. The molecule has 9 heteroatoms. The molecule has 32 heavy (non-hydrogen) atoms. The van der Waals surface area contributed by atoms with Crippen LogP contribution in [0.2, 0.25) is 5.02 Å². The zero-order valence-corrected chi connectivity index (χ0v) is 18.8. The number of hydrogen-bond donors (Lipinski definition) is 1. The molecule has 1 aliphatic rings. The molecule has 1 aromatic heterocycles. The zero-order valence-electron chi connectivity index (χ0n) is 18.0. The number of para-hydroxylation sites is 2. The number of nitrogens with two attached hydrogens (primary N) is 1. The van der Waals surface area contributed by atoms with E-state index < -0.39 is 5.91 Å². The number of carbonyl (C=O) groups excluding carboxylic acids is 2. The van der Waals surface area contributed by atoms with Crippen LogP contribution in [0.3, 0.4) is 0 Å². The van der Waals surface area contributed by atoms with Crippen molar-refractivity contribution >= 4 is 34.4 Å². The normalized spacial score (nSPS) is 16.2. The van der Waals surface area contributed by atoms with Gasteiger partial charge in [-0.15, -0.1) is 0 Å². The van der Waals surface area contributed by atoms with Crippen LogP contribution in [0.15, 0.2) is 36.4 Å². The van der Waals surface area contributed by atoms with Crippen molar-refractivity contribution in [2.45, 2.75) is 25.3 Å². The minimum atomic E-state index is -0.637. The van der Waals surface area contributed by atoms with Gasteiger partial charge < -0.3 is 24.7 Å². The minimum absolute atomic E-state index is 0.149. The summed E-state index contributed by atoms with van der Waals surface area (Å²) < 4.78 is 12.8. The second-order valence-electron chi connectivity index (χ2n) is 7.77. The van der Waals surface area contributed by atoms with Crippen molar-refractivity contribution in [1.29, 1.82) is 0 Å². The fraction of sp³-hybridized carbons (Fsp3) is 0.348. The smallest absolute Gasteiger partial charge is 0.255 e. The molecule has 8 nitrogen and oxygen atoms in total. The van der Waals surface area contributed by atoms with E-state index in [0.717, 1.165) is 36.1 Å². The van der Waals surface area contributed by atoms with Gasteiger partial charge in [0.1, 0.15) is 5.82 Å². The number of likely N-dealkylation sites (tertiary alicyclic amines) is 1. The van der Waals surface area contributed by atoms with Crippen LogP contribution in [0.25, 0.3) is 11.0 Å². The molecule has 0 unspecified atom stereocenters. The van der Waals surface area contributed by atoms with Crippen LogP contribution in [0.1, 0.15) is 41.5 Å². The Bertz CT molecular complexity index is 1180. The Labute approximate surface area is 190 Å². The lowest BCUT2D eigenvalue weighted by molar-refractivity contribution is -0.119. The number of aromatic nitrogens is 2. The molecule has 4 rings (SSSR count). The van der Waals surface area contributed by atoms with Crippen molar-refractivity contribution in [1.82, 2.24) is 14.5 Å². The van der Waals surface area contributed by atoms with Gasteiger partial charge in [-0.3, -0.25) is 9.59 Å². The number of aryl methyl sites for hydroxylation is 1. The van der Waals surface area contributed by atoms with E-state index >= 15 is 0 Å². The average molecular weight is 457 g/mol. The fourth-order valence-corrected chi connectivity index (χ4v) is 4.46. The van der Waals surface area contributed by atoms with Gasteiger partial charge >= 0.3 is 0 Å². The Morgan fingerprint density at radius 3 is 2.75 bits per heavy atom. The monoisotopic (exact) mass is 456 g/mol. The first kappa shape index (κ1) is 22.0. The van der Waals surface area contributed by atoms with Crippen LogP contribution in [0.4, 0.5) is 0 Å². The van der Waals surface area contributed by atoms with E-state index in [-0.39, 0.29) is 35.1 Å². The SMILES string of the molecule is COc1cc(C(=O)N2CCCC[C@H]2c2nc3ccccc3n2C)cc(Cl)c1OCC(N)=O. The summed E-state index contributed by atoms with van der Waals surface area (Å²) in [6.45, 7) is 0.275. The van der Waals surface area contributed by atoms with E-state index in [9.17, 15) is 9.59 Å². The topological polar surface area (TPSA) is 99.7 Å². The van der Waals surface area contributed by atoms with Gasteiger partial charge in [-0.2, -0.15) is 0 Å². The van der Waals surface area contributed by atoms with Crippen LogP contribution in [-0.2, 0) is 11.8 Å². The number of methoxy groups -OCH3 is 1. The molecular formula is C23H25ClN4O4. The molecule has 3 aromatic rings. The molecule has 0 radical (unpaired) electrons. The molecule has 2 N–H and O–H groups in total. The van der Waals surface area contributed by atoms with Gasteiger partial charge in [-0.1, -0.05) is 23.7 Å². The molecule has 1 saturated heterocycles. The van der Waals surface area contributed by atoms with Gasteiger partial charge in [-0.25, -0.2) is 4.98 Å². The zero-order chi connectivity index (χ0) is 22.8. The third-order valence-corrected chi connectivity index (χ3v) is 6.00. The predicted molar refractivity (Wildman–Crippen MR) is 121 cm³/mol. The maximum absolute atomic E-state index is 13.6. The van der Waals surface area contributed by atoms with E-state index in [4.69, 9.17) is 31.8 Å². The Kier molecular flexibility index (Phi) is 6.23. The van der Waals surface area contributed by atoms with Crippen LogP contribution < -0.4 is 15.2 Å². The maximum Gasteiger partial charge on any atom is 0.255 e. The number of hydrogen-bond acceptors (Lipinski definition) is 5. The number of rotatable bonds is 6. The lowest BCUT2D eigenvalue weighted by atomic mass is 10.00. The van der Waals surface area contributed by atoms with Crippen LogP contribution in [-0.4, -0.2) is 46.5 Å². The predicted octanol–water partition coefficient (Wildman–Crippen LogP) is 3.47. The Morgan fingerprint density at radius 2 is 2.03 bits per heavy atom. The molecule has 2 aromatic carbocycles. The van der Waals surface area contributed by atoms with Gasteiger partial charge in [0.2, 0.25) is 0 Å². The third-order valence-electron chi connectivity index (χ3n) is 5.72. The Balaban J connectivity index is 1.68. The molecule has 168 valence electrons. The van der Waals surface area contributed by atoms with Crippen molar-refractivity contribution in [3.8, 4) is 11.5 Å². The summed E-state index contributed by atoms with van der Waals surface area (Å²) in [6, 6.07) is 10.9. The van der Waals surface area contributed by atoms with Crippen molar-refractivity contribution in [3.63, 3.8) is 0 Å². The van der Waals surface area contributed by atoms with E-state index in [1.54, 1.807) is 6.07 Å². The second-order valence-corrected chi connectivity index (χ2v) is 8.18. The summed E-state index contributed by atoms with van der Waals surface area (Å²) in [5, 5.41) is 0.172. The van der Waals surface area contributed by atoms with Gasteiger partial charge in [0, 0.05) is 19.2 Å². The fourth-order valence-electron chi connectivity index (χ4n) is 4.20. The minimum Gasteiger partial charge on any atom is -0.493 e. The molecular weight excluding hydrogens is 432 g/mol. The molecule has 1 aliphatic heterocycles. The maximum atomic E-state index is 13.6. The number of fused-ring (bicyclic) bond motifs is 1. The number of ether oxygens (including phenoxy) is 2. The molecule has 0 spiro atoms. The van der Waals surface area contributed by atoms with Crippen LogP contribution in [0.5, 0.6) is 11.5 Å². The van der Waals surface area contributed by atoms with E-state index in [1.807, 2.05) is 36.2 Å².